The molecule has 0 unspecified atom stereocenters. The number of aryl methyl sites for hydroxylation is 2. The average Bonchev–Trinajstić information content (AvgIpc) is 3.15. The van der Waals surface area contributed by atoms with Crippen LogP contribution in [0.5, 0.6) is 0 Å². The van der Waals surface area contributed by atoms with Gasteiger partial charge in [0.2, 0.25) is 0 Å². The Labute approximate surface area is 202 Å². The number of fused-ring (bicyclic) bond motifs is 1. The van der Waals surface area contributed by atoms with Crippen molar-refractivity contribution >= 4 is 28.9 Å². The minimum atomic E-state index is -0.658. The summed E-state index contributed by atoms with van der Waals surface area (Å²) in [6, 6.07) is 6.26. The zero-order valence-electron chi connectivity index (χ0n) is 20.6. The number of H-pyrrole nitrogens is 1. The molecule has 0 fully saturated rings. The number of hydrogen-bond acceptors (Lipinski definition) is 7. The molecule has 3 rings (SSSR count). The number of nitrogens with one attached hydrogen (secondary N) is 2. The molecule has 0 aliphatic heterocycles. The molecule has 11 heteroatoms. The number of aromatic amines is 1. The van der Waals surface area contributed by atoms with Gasteiger partial charge in [0.1, 0.15) is 18.0 Å². The molecule has 188 valence electrons. The summed E-state index contributed by atoms with van der Waals surface area (Å²) < 4.78 is 13.7. The smallest absolute Gasteiger partial charge is 0.412 e. The fourth-order valence-corrected chi connectivity index (χ4v) is 3.55. The lowest BCUT2D eigenvalue weighted by Gasteiger charge is -2.19. The van der Waals surface area contributed by atoms with Gasteiger partial charge >= 0.3 is 17.8 Å². The van der Waals surface area contributed by atoms with E-state index >= 15 is 0 Å². The van der Waals surface area contributed by atoms with Gasteiger partial charge in [-0.3, -0.25) is 19.7 Å². The number of anilines is 1. The highest BCUT2D eigenvalue weighted by molar-refractivity contribution is 5.92. The van der Waals surface area contributed by atoms with Crippen LogP contribution in [-0.2, 0) is 29.2 Å². The van der Waals surface area contributed by atoms with Crippen molar-refractivity contribution in [2.75, 3.05) is 5.32 Å². The first-order valence-electron chi connectivity index (χ1n) is 11.5. The summed E-state index contributed by atoms with van der Waals surface area (Å²) in [4.78, 5) is 56.4. The van der Waals surface area contributed by atoms with Gasteiger partial charge < -0.3 is 14.0 Å². The molecule has 0 spiro atoms. The quantitative estimate of drug-likeness (QED) is 0.466. The maximum absolute atomic E-state index is 12.7. The van der Waals surface area contributed by atoms with Crippen LogP contribution in [0.4, 0.5) is 10.5 Å². The van der Waals surface area contributed by atoms with Gasteiger partial charge in [-0.15, -0.1) is 0 Å². The van der Waals surface area contributed by atoms with Crippen molar-refractivity contribution in [3.63, 3.8) is 0 Å². The molecule has 2 aromatic heterocycles. The van der Waals surface area contributed by atoms with E-state index in [1.165, 1.54) is 10.6 Å². The third kappa shape index (κ3) is 6.17. The number of ether oxygens (including phenoxy) is 2. The Kier molecular flexibility index (Phi) is 7.78. The van der Waals surface area contributed by atoms with Gasteiger partial charge in [0.25, 0.3) is 5.56 Å². The van der Waals surface area contributed by atoms with E-state index in [0.717, 1.165) is 12.8 Å². The first-order valence-corrected chi connectivity index (χ1v) is 11.5. The first kappa shape index (κ1) is 25.7. The number of amides is 1. The van der Waals surface area contributed by atoms with Crippen LogP contribution in [0.2, 0.25) is 0 Å². The molecule has 0 atom stereocenters. The predicted molar refractivity (Wildman–Crippen MR) is 131 cm³/mol. The highest BCUT2D eigenvalue weighted by Gasteiger charge is 2.20. The van der Waals surface area contributed by atoms with Crippen molar-refractivity contribution in [2.45, 2.75) is 72.8 Å². The number of carbonyl (C=O) groups excluding carboxylic acids is 2. The maximum Gasteiger partial charge on any atom is 0.412 e. The van der Waals surface area contributed by atoms with E-state index < -0.39 is 28.9 Å². The van der Waals surface area contributed by atoms with Crippen LogP contribution in [0.15, 0.2) is 33.9 Å². The van der Waals surface area contributed by atoms with Gasteiger partial charge in [-0.25, -0.2) is 19.4 Å². The molecular weight excluding hydrogens is 454 g/mol. The van der Waals surface area contributed by atoms with E-state index in [0.29, 0.717) is 24.6 Å². The number of nitrogens with zero attached hydrogens (tertiary/aromatic N) is 3. The molecule has 35 heavy (non-hydrogen) atoms. The lowest BCUT2D eigenvalue weighted by atomic mass is 10.2. The summed E-state index contributed by atoms with van der Waals surface area (Å²) in [5, 5.41) is 2.58. The van der Waals surface area contributed by atoms with Gasteiger partial charge in [0, 0.05) is 18.8 Å². The lowest BCUT2D eigenvalue weighted by Crippen LogP contribution is -2.31. The van der Waals surface area contributed by atoms with Crippen LogP contribution in [0, 0.1) is 0 Å². The lowest BCUT2D eigenvalue weighted by molar-refractivity contribution is 0.0457. The zero-order valence-corrected chi connectivity index (χ0v) is 20.6. The van der Waals surface area contributed by atoms with E-state index in [1.54, 1.807) is 43.5 Å². The average molecular weight is 486 g/mol. The molecule has 2 N–H and O–H groups in total. The maximum atomic E-state index is 12.7. The van der Waals surface area contributed by atoms with Crippen molar-refractivity contribution in [2.24, 2.45) is 0 Å². The minimum absolute atomic E-state index is 0.202. The summed E-state index contributed by atoms with van der Waals surface area (Å²) in [7, 11) is 0. The van der Waals surface area contributed by atoms with Crippen LogP contribution in [0.1, 0.15) is 63.6 Å². The number of aromatic nitrogens is 4. The molecule has 0 saturated heterocycles. The zero-order chi connectivity index (χ0) is 25.8. The number of unbranched alkanes of at least 4 members (excludes halogenated alkanes) is 1. The number of imidazole rings is 1. The standard InChI is InChI=1S/C24H31N5O6/c1-6-8-12-29-19-18(20(30)27-22(29)32)28(7-2)17(26-19)14-34-21(31)15-10-9-11-16(13-15)25-23(33)35-24(3,4)5/h9-11,13H,6-8,12,14H2,1-5H3,(H,25,33)(H,27,30,32). The SMILES string of the molecule is CCCCn1c(=O)[nH]c(=O)c2c1nc(COC(=O)c1cccc(NC(=O)OC(C)(C)C)c1)n2CC. The van der Waals surface area contributed by atoms with Gasteiger partial charge in [-0.2, -0.15) is 0 Å². The molecule has 2 heterocycles. The van der Waals surface area contributed by atoms with Crippen molar-refractivity contribution in [3.05, 3.63) is 56.5 Å². The Morgan fingerprint density at radius 2 is 1.89 bits per heavy atom. The Bertz CT molecular complexity index is 1350. The number of esters is 1. The molecule has 0 saturated carbocycles. The first-order chi connectivity index (χ1) is 16.5. The molecule has 0 aliphatic rings. The summed E-state index contributed by atoms with van der Waals surface area (Å²) in [5.41, 5.74) is -0.591. The number of carbonyl (C=O) groups is 2. The molecule has 3 aromatic rings. The molecule has 0 bridgehead atoms. The van der Waals surface area contributed by atoms with Crippen molar-refractivity contribution < 1.29 is 19.1 Å². The Balaban J connectivity index is 1.81. The van der Waals surface area contributed by atoms with Crippen LogP contribution < -0.4 is 16.6 Å². The number of benzene rings is 1. The third-order valence-corrected chi connectivity index (χ3v) is 5.09. The highest BCUT2D eigenvalue weighted by Crippen LogP contribution is 2.17. The summed E-state index contributed by atoms with van der Waals surface area (Å²) in [6.07, 6.45) is 0.977. The molecule has 0 radical (unpaired) electrons. The van der Waals surface area contributed by atoms with Crippen LogP contribution in [-0.4, -0.2) is 36.8 Å². The number of rotatable bonds is 8. The highest BCUT2D eigenvalue weighted by atomic mass is 16.6. The van der Waals surface area contributed by atoms with Crippen LogP contribution in [0.3, 0.4) is 0 Å². The molecule has 1 amide bonds. The molecule has 1 aromatic carbocycles. The fraction of sp³-hybridized carbons (Fsp3) is 0.458. The van der Waals surface area contributed by atoms with E-state index in [4.69, 9.17) is 9.47 Å². The predicted octanol–water partition coefficient (Wildman–Crippen LogP) is 3.41. The van der Waals surface area contributed by atoms with E-state index in [9.17, 15) is 19.2 Å². The van der Waals surface area contributed by atoms with Crippen LogP contribution in [0.25, 0.3) is 11.2 Å². The van der Waals surface area contributed by atoms with Gasteiger partial charge in [0.05, 0.1) is 5.56 Å². The van der Waals surface area contributed by atoms with E-state index in [1.807, 2.05) is 13.8 Å². The summed E-state index contributed by atoms with van der Waals surface area (Å²) >= 11 is 0. The summed E-state index contributed by atoms with van der Waals surface area (Å²) in [5.74, 6) is -0.287. The minimum Gasteiger partial charge on any atom is -0.454 e. The Hall–Kier alpha value is -3.89. The monoisotopic (exact) mass is 485 g/mol. The normalized spacial score (nSPS) is 11.5. The van der Waals surface area contributed by atoms with Gasteiger partial charge in [0.15, 0.2) is 11.2 Å². The third-order valence-electron chi connectivity index (χ3n) is 5.09. The molecule has 11 nitrogen and oxygen atoms in total. The van der Waals surface area contributed by atoms with Crippen molar-refractivity contribution in [1.29, 1.82) is 0 Å². The van der Waals surface area contributed by atoms with Crippen molar-refractivity contribution in [3.8, 4) is 0 Å². The van der Waals surface area contributed by atoms with E-state index in [-0.39, 0.29) is 23.3 Å². The Morgan fingerprint density at radius 1 is 1.14 bits per heavy atom. The molecule has 0 aliphatic carbocycles. The van der Waals surface area contributed by atoms with Crippen LogP contribution >= 0.6 is 0 Å². The Morgan fingerprint density at radius 3 is 2.54 bits per heavy atom. The van der Waals surface area contributed by atoms with E-state index in [2.05, 4.69) is 15.3 Å². The second-order valence-electron chi connectivity index (χ2n) is 8.99. The second-order valence-corrected chi connectivity index (χ2v) is 8.99. The molecular formula is C24H31N5O6. The fourth-order valence-electron chi connectivity index (χ4n) is 3.55. The topological polar surface area (TPSA) is 137 Å². The second kappa shape index (κ2) is 10.6. The van der Waals surface area contributed by atoms with Gasteiger partial charge in [-0.1, -0.05) is 19.4 Å². The van der Waals surface area contributed by atoms with Gasteiger partial charge in [-0.05, 0) is 52.3 Å². The largest absolute Gasteiger partial charge is 0.454 e. The van der Waals surface area contributed by atoms with Crippen molar-refractivity contribution in [1.82, 2.24) is 19.1 Å². The summed E-state index contributed by atoms with van der Waals surface area (Å²) in [6.45, 7) is 9.70. The number of hydrogen-bond donors (Lipinski definition) is 2.